The van der Waals surface area contributed by atoms with Crippen LogP contribution in [-0.4, -0.2) is 49.4 Å². The first-order valence-electron chi connectivity index (χ1n) is 10.8. The molecule has 2 saturated heterocycles. The van der Waals surface area contributed by atoms with Gasteiger partial charge in [-0.25, -0.2) is 0 Å². The Morgan fingerprint density at radius 1 is 0.600 bits per heavy atom. The molecule has 0 aromatic heterocycles. The molecule has 4 aliphatic rings. The Balaban J connectivity index is 0.000000144. The smallest absolute Gasteiger partial charge is 0.303 e. The molecule has 4 rings (SSSR count). The highest BCUT2D eigenvalue weighted by Gasteiger charge is 2.27. The zero-order valence-electron chi connectivity index (χ0n) is 16.7. The topological polar surface area (TPSA) is 42.5 Å². The first-order valence-corrected chi connectivity index (χ1v) is 11.9. The van der Waals surface area contributed by atoms with Gasteiger partial charge >= 0.3 is 10.0 Å². The van der Waals surface area contributed by atoms with Gasteiger partial charge in [-0.05, 0) is 76.3 Å². The fourth-order valence-corrected chi connectivity index (χ4v) is 5.30. The maximum atomic E-state index is 4.61. The first kappa shape index (κ1) is 21.4. The summed E-state index contributed by atoms with van der Waals surface area (Å²) in [6.45, 7) is 2.56. The summed E-state index contributed by atoms with van der Waals surface area (Å²) in [6.07, 6.45) is 17.6. The van der Waals surface area contributed by atoms with Gasteiger partial charge in [-0.1, -0.05) is 25.7 Å². The van der Waals surface area contributed by atoms with Crippen LogP contribution in [0.2, 0.25) is 0 Å². The van der Waals surface area contributed by atoms with E-state index in [-0.39, 0.29) is 0 Å². The zero-order valence-corrected chi connectivity index (χ0v) is 18.1. The molecule has 148 valence electrons. The largest absolute Gasteiger partial charge is 0.402 e. The molecule has 0 amide bonds. The summed E-state index contributed by atoms with van der Waals surface area (Å²) in [6, 6.07) is 1.81. The van der Waals surface area contributed by atoms with Crippen LogP contribution in [0.25, 0.3) is 0 Å². The Bertz CT molecular complexity index is 251. The van der Waals surface area contributed by atoms with Gasteiger partial charge in [-0.3, -0.25) is 0 Å². The summed E-state index contributed by atoms with van der Waals surface area (Å²) in [5.41, 5.74) is 0. The van der Waals surface area contributed by atoms with Gasteiger partial charge in [0.2, 0.25) is 0 Å². The maximum Gasteiger partial charge on any atom is 0.303 e. The second kappa shape index (κ2) is 13.3. The highest BCUT2D eigenvalue weighted by molar-refractivity contribution is 6.17. The van der Waals surface area contributed by atoms with Crippen molar-refractivity contribution in [1.29, 1.82) is 0 Å². The molecule has 0 bridgehead atoms. The summed E-state index contributed by atoms with van der Waals surface area (Å²) in [5.74, 6) is 2.09. The lowest BCUT2D eigenvalue weighted by Crippen LogP contribution is -2.42. The van der Waals surface area contributed by atoms with Crippen LogP contribution in [0.1, 0.15) is 77.0 Å². The minimum absolute atomic E-state index is 0.568. The number of hydrogen-bond acceptors (Lipinski definition) is 4. The van der Waals surface area contributed by atoms with E-state index in [9.17, 15) is 0 Å². The third-order valence-electron chi connectivity index (χ3n) is 6.37. The van der Waals surface area contributed by atoms with Crippen LogP contribution in [-0.2, 0) is 8.85 Å². The van der Waals surface area contributed by atoms with E-state index < -0.39 is 10.0 Å². The van der Waals surface area contributed by atoms with E-state index in [1.165, 1.54) is 90.1 Å². The average molecular weight is 371 g/mol. The van der Waals surface area contributed by atoms with Crippen molar-refractivity contribution in [3.05, 3.63) is 0 Å². The molecular weight excluding hydrogens is 328 g/mol. The van der Waals surface area contributed by atoms with E-state index in [2.05, 4.69) is 19.5 Å². The lowest BCUT2D eigenvalue weighted by atomic mass is 9.80. The molecule has 0 spiro atoms. The predicted molar refractivity (Wildman–Crippen MR) is 109 cm³/mol. The SMILES string of the molecule is C1CCC2NCCCC2C1.C1CCC2NCCCC2C1.CO[SiH2]OC. The Morgan fingerprint density at radius 2 is 1.00 bits per heavy atom. The second-order valence-corrected chi connectivity index (χ2v) is 9.58. The van der Waals surface area contributed by atoms with Crippen molar-refractivity contribution < 1.29 is 8.85 Å². The Morgan fingerprint density at radius 3 is 1.36 bits per heavy atom. The van der Waals surface area contributed by atoms with Gasteiger partial charge in [0.05, 0.1) is 0 Å². The molecule has 4 atom stereocenters. The van der Waals surface area contributed by atoms with Crippen LogP contribution in [0.15, 0.2) is 0 Å². The molecule has 2 saturated carbocycles. The summed E-state index contributed by atoms with van der Waals surface area (Å²) in [7, 11) is 2.73. The van der Waals surface area contributed by atoms with Crippen LogP contribution in [0.5, 0.6) is 0 Å². The molecule has 0 aromatic carbocycles. The minimum atomic E-state index is -0.568. The van der Waals surface area contributed by atoms with Gasteiger partial charge in [0, 0.05) is 26.3 Å². The fourth-order valence-electron chi connectivity index (χ4n) is 5.07. The predicted octanol–water partition coefficient (Wildman–Crippen LogP) is 3.14. The van der Waals surface area contributed by atoms with Gasteiger partial charge < -0.3 is 19.5 Å². The van der Waals surface area contributed by atoms with E-state index in [0.717, 1.165) is 23.9 Å². The molecule has 5 heteroatoms. The van der Waals surface area contributed by atoms with Gasteiger partial charge in [-0.2, -0.15) is 0 Å². The van der Waals surface area contributed by atoms with Crippen LogP contribution in [0.3, 0.4) is 0 Å². The van der Waals surface area contributed by atoms with Gasteiger partial charge in [0.1, 0.15) is 0 Å². The van der Waals surface area contributed by atoms with Gasteiger partial charge in [0.25, 0.3) is 0 Å². The van der Waals surface area contributed by atoms with E-state index in [4.69, 9.17) is 0 Å². The Labute approximate surface area is 158 Å². The highest BCUT2D eigenvalue weighted by Crippen LogP contribution is 2.30. The molecule has 4 nitrogen and oxygen atoms in total. The van der Waals surface area contributed by atoms with Crippen LogP contribution < -0.4 is 10.6 Å². The maximum absolute atomic E-state index is 4.61. The standard InChI is InChI=1S/2C9H17N.C2H8O2Si/c2*1-2-6-9-8(4-1)5-3-7-10-9;1-3-5-4-2/h2*8-10H,1-7H2;5H2,1-2H3. The van der Waals surface area contributed by atoms with Crippen LogP contribution in [0, 0.1) is 11.8 Å². The van der Waals surface area contributed by atoms with Crippen molar-refractivity contribution in [2.75, 3.05) is 27.3 Å². The number of piperidine rings is 2. The van der Waals surface area contributed by atoms with Crippen molar-refractivity contribution in [2.45, 2.75) is 89.1 Å². The molecule has 25 heavy (non-hydrogen) atoms. The summed E-state index contributed by atoms with van der Waals surface area (Å²) in [4.78, 5) is 0. The van der Waals surface area contributed by atoms with Crippen LogP contribution >= 0.6 is 0 Å². The summed E-state index contributed by atoms with van der Waals surface area (Å²) in [5, 5.41) is 7.24. The lowest BCUT2D eigenvalue weighted by molar-refractivity contribution is 0.212. The van der Waals surface area contributed by atoms with Crippen molar-refractivity contribution in [2.24, 2.45) is 11.8 Å². The fraction of sp³-hybridized carbons (Fsp3) is 1.00. The highest BCUT2D eigenvalue weighted by atomic mass is 28.3. The van der Waals surface area contributed by atoms with Crippen molar-refractivity contribution >= 4 is 10.0 Å². The van der Waals surface area contributed by atoms with E-state index >= 15 is 0 Å². The Hall–Kier alpha value is 0.0569. The molecule has 2 aliphatic carbocycles. The normalized spacial score (nSPS) is 34.3. The number of hydrogen-bond donors (Lipinski definition) is 2. The number of rotatable bonds is 2. The van der Waals surface area contributed by atoms with Crippen molar-refractivity contribution in [1.82, 2.24) is 10.6 Å². The van der Waals surface area contributed by atoms with Crippen LogP contribution in [0.4, 0.5) is 0 Å². The van der Waals surface area contributed by atoms with Crippen molar-refractivity contribution in [3.8, 4) is 0 Å². The molecule has 4 fully saturated rings. The summed E-state index contributed by atoms with van der Waals surface area (Å²) < 4.78 is 9.22. The number of nitrogens with one attached hydrogen (secondary N) is 2. The van der Waals surface area contributed by atoms with Gasteiger partial charge in [0.15, 0.2) is 0 Å². The third kappa shape index (κ3) is 8.08. The minimum Gasteiger partial charge on any atom is -0.402 e. The summed E-state index contributed by atoms with van der Waals surface area (Å²) >= 11 is 0. The average Bonchev–Trinajstić information content (AvgIpc) is 2.70. The third-order valence-corrected chi connectivity index (χ3v) is 6.84. The Kier molecular flexibility index (Phi) is 11.3. The molecule has 4 unspecified atom stereocenters. The molecule has 2 N–H and O–H groups in total. The zero-order chi connectivity index (χ0) is 17.7. The number of fused-ring (bicyclic) bond motifs is 2. The molecular formula is C20H42N2O2Si. The second-order valence-electron chi connectivity index (χ2n) is 8.19. The lowest BCUT2D eigenvalue weighted by Gasteiger charge is -2.36. The van der Waals surface area contributed by atoms with Gasteiger partial charge in [-0.15, -0.1) is 0 Å². The molecule has 2 heterocycles. The van der Waals surface area contributed by atoms with Crippen molar-refractivity contribution in [3.63, 3.8) is 0 Å². The molecule has 0 radical (unpaired) electrons. The quantitative estimate of drug-likeness (QED) is 0.733. The van der Waals surface area contributed by atoms with E-state index in [0.29, 0.717) is 0 Å². The monoisotopic (exact) mass is 370 g/mol. The van der Waals surface area contributed by atoms with E-state index in [1.807, 2.05) is 0 Å². The first-order chi connectivity index (χ1) is 12.3. The molecule has 2 aliphatic heterocycles. The van der Waals surface area contributed by atoms with E-state index in [1.54, 1.807) is 14.2 Å². The molecule has 0 aromatic rings.